The van der Waals surface area contributed by atoms with Crippen LogP contribution in [-0.2, 0) is 14.6 Å². The summed E-state index contributed by atoms with van der Waals surface area (Å²) in [6.07, 6.45) is -0.494. The monoisotopic (exact) mass is 144 g/mol. The van der Waals surface area contributed by atoms with Crippen LogP contribution in [0.5, 0.6) is 0 Å². The highest BCUT2D eigenvalue weighted by Gasteiger charge is 2.20. The molecular formula is C6H10NO3. The lowest BCUT2D eigenvalue weighted by molar-refractivity contribution is -0.136. The van der Waals surface area contributed by atoms with Gasteiger partial charge in [-0.25, -0.2) is 5.11 Å². The molecule has 10 heavy (non-hydrogen) atoms. The van der Waals surface area contributed by atoms with E-state index in [4.69, 9.17) is 4.74 Å². The smallest absolute Gasteiger partial charge is 0.191 e. The van der Waals surface area contributed by atoms with Crippen molar-refractivity contribution in [2.75, 3.05) is 26.3 Å². The quantitative estimate of drug-likeness (QED) is 0.539. The molecule has 1 atom stereocenters. The van der Waals surface area contributed by atoms with Gasteiger partial charge in [0.15, 0.2) is 5.78 Å². The number of ketones is 1. The SMILES string of the molecule is [O]CC(=O)C1CNCCO1. The van der Waals surface area contributed by atoms with Gasteiger partial charge in [-0.3, -0.25) is 4.79 Å². The molecular weight excluding hydrogens is 134 g/mol. The summed E-state index contributed by atoms with van der Waals surface area (Å²) in [5, 5.41) is 13.0. The molecule has 0 aliphatic carbocycles. The molecule has 4 heteroatoms. The summed E-state index contributed by atoms with van der Waals surface area (Å²) in [5.74, 6) is -0.354. The van der Waals surface area contributed by atoms with E-state index in [-0.39, 0.29) is 5.78 Å². The first-order chi connectivity index (χ1) is 4.84. The highest BCUT2D eigenvalue weighted by molar-refractivity contribution is 5.84. The lowest BCUT2D eigenvalue weighted by Crippen LogP contribution is -2.43. The van der Waals surface area contributed by atoms with Crippen molar-refractivity contribution in [1.29, 1.82) is 0 Å². The zero-order chi connectivity index (χ0) is 7.40. The van der Waals surface area contributed by atoms with Crippen LogP contribution in [-0.4, -0.2) is 38.2 Å². The van der Waals surface area contributed by atoms with Gasteiger partial charge in [-0.1, -0.05) is 0 Å². The predicted molar refractivity (Wildman–Crippen MR) is 33.2 cm³/mol. The Bertz CT molecular complexity index is 120. The van der Waals surface area contributed by atoms with Crippen molar-refractivity contribution in [1.82, 2.24) is 5.32 Å². The Labute approximate surface area is 59.2 Å². The topological polar surface area (TPSA) is 58.2 Å². The summed E-state index contributed by atoms with van der Waals surface area (Å²) in [6.45, 7) is 1.10. The highest BCUT2D eigenvalue weighted by atomic mass is 16.5. The Morgan fingerprint density at radius 3 is 3.00 bits per heavy atom. The van der Waals surface area contributed by atoms with Gasteiger partial charge < -0.3 is 10.1 Å². The standard InChI is InChI=1S/C6H10NO3/c8-4-5(9)6-3-7-1-2-10-6/h6-7H,1-4H2. The highest BCUT2D eigenvalue weighted by Crippen LogP contribution is 1.96. The molecule has 1 aliphatic rings. The van der Waals surface area contributed by atoms with Crippen LogP contribution in [0, 0.1) is 0 Å². The maximum absolute atomic E-state index is 10.7. The van der Waals surface area contributed by atoms with E-state index in [2.05, 4.69) is 5.32 Å². The summed E-state index contributed by atoms with van der Waals surface area (Å²) in [4.78, 5) is 10.7. The van der Waals surface area contributed by atoms with E-state index in [1.54, 1.807) is 0 Å². The second-order valence-corrected chi connectivity index (χ2v) is 2.17. The molecule has 4 nitrogen and oxygen atoms in total. The number of hydrogen-bond donors (Lipinski definition) is 1. The molecule has 0 saturated carbocycles. The third kappa shape index (κ3) is 1.76. The predicted octanol–water partition coefficient (Wildman–Crippen LogP) is -1.03. The van der Waals surface area contributed by atoms with Crippen molar-refractivity contribution in [2.24, 2.45) is 0 Å². The maximum atomic E-state index is 10.7. The van der Waals surface area contributed by atoms with E-state index in [1.807, 2.05) is 0 Å². The van der Waals surface area contributed by atoms with Crippen LogP contribution in [0.1, 0.15) is 0 Å². The normalized spacial score (nSPS) is 26.3. The lowest BCUT2D eigenvalue weighted by atomic mass is 10.2. The van der Waals surface area contributed by atoms with Gasteiger partial charge in [-0.2, -0.15) is 0 Å². The number of carbonyl (C=O) groups is 1. The summed E-state index contributed by atoms with van der Waals surface area (Å²) in [5.41, 5.74) is 0. The van der Waals surface area contributed by atoms with Crippen molar-refractivity contribution in [3.8, 4) is 0 Å². The molecule has 0 spiro atoms. The van der Waals surface area contributed by atoms with Crippen LogP contribution in [0.25, 0.3) is 0 Å². The summed E-state index contributed by atoms with van der Waals surface area (Å²) in [6, 6.07) is 0. The Morgan fingerprint density at radius 2 is 2.50 bits per heavy atom. The Kier molecular flexibility index (Phi) is 2.80. The van der Waals surface area contributed by atoms with E-state index in [0.717, 1.165) is 6.54 Å². The van der Waals surface area contributed by atoms with Gasteiger partial charge in [0, 0.05) is 13.1 Å². The fourth-order valence-corrected chi connectivity index (χ4v) is 0.865. The van der Waals surface area contributed by atoms with E-state index < -0.39 is 12.7 Å². The van der Waals surface area contributed by atoms with Crippen LogP contribution in [0.2, 0.25) is 0 Å². The van der Waals surface area contributed by atoms with E-state index >= 15 is 0 Å². The zero-order valence-corrected chi connectivity index (χ0v) is 5.63. The van der Waals surface area contributed by atoms with Gasteiger partial charge in [0.1, 0.15) is 12.7 Å². The fourth-order valence-electron chi connectivity index (χ4n) is 0.865. The molecule has 1 N–H and O–H groups in total. The summed E-state index contributed by atoms with van der Waals surface area (Å²) in [7, 11) is 0. The van der Waals surface area contributed by atoms with E-state index in [0.29, 0.717) is 13.2 Å². The Hall–Kier alpha value is -0.450. The van der Waals surface area contributed by atoms with Crippen molar-refractivity contribution >= 4 is 5.78 Å². The molecule has 0 aromatic rings. The molecule has 1 unspecified atom stereocenters. The fraction of sp³-hybridized carbons (Fsp3) is 0.833. The van der Waals surface area contributed by atoms with Crippen LogP contribution in [0.4, 0.5) is 0 Å². The minimum Gasteiger partial charge on any atom is -0.368 e. The minimum absolute atomic E-state index is 0.354. The molecule has 1 aliphatic heterocycles. The van der Waals surface area contributed by atoms with E-state index in [1.165, 1.54) is 0 Å². The average molecular weight is 144 g/mol. The van der Waals surface area contributed by atoms with Gasteiger partial charge in [-0.05, 0) is 0 Å². The molecule has 57 valence electrons. The second kappa shape index (κ2) is 3.65. The third-order valence-corrected chi connectivity index (χ3v) is 1.43. The molecule has 1 fully saturated rings. The molecule has 1 rings (SSSR count). The maximum Gasteiger partial charge on any atom is 0.191 e. The van der Waals surface area contributed by atoms with Crippen molar-refractivity contribution in [3.05, 3.63) is 0 Å². The van der Waals surface area contributed by atoms with Gasteiger partial charge in [0.05, 0.1) is 6.61 Å². The Balaban J connectivity index is 2.31. The summed E-state index contributed by atoms with van der Waals surface area (Å²) < 4.78 is 5.02. The van der Waals surface area contributed by atoms with Crippen LogP contribution in [0.3, 0.4) is 0 Å². The van der Waals surface area contributed by atoms with Gasteiger partial charge in [0.25, 0.3) is 0 Å². The van der Waals surface area contributed by atoms with Crippen LogP contribution in [0.15, 0.2) is 0 Å². The first kappa shape index (κ1) is 7.65. The average Bonchev–Trinajstić information content (AvgIpc) is 2.05. The van der Waals surface area contributed by atoms with Crippen LogP contribution < -0.4 is 5.32 Å². The number of carbonyl (C=O) groups excluding carboxylic acids is 1. The molecule has 0 aromatic carbocycles. The van der Waals surface area contributed by atoms with Crippen molar-refractivity contribution < 1.29 is 14.6 Å². The first-order valence-electron chi connectivity index (χ1n) is 3.27. The molecule has 0 bridgehead atoms. The van der Waals surface area contributed by atoms with E-state index in [9.17, 15) is 9.90 Å². The minimum atomic E-state index is -0.674. The summed E-state index contributed by atoms with van der Waals surface area (Å²) >= 11 is 0. The second-order valence-electron chi connectivity index (χ2n) is 2.17. The van der Waals surface area contributed by atoms with Gasteiger partial charge >= 0.3 is 0 Å². The van der Waals surface area contributed by atoms with Crippen molar-refractivity contribution in [3.63, 3.8) is 0 Å². The number of nitrogens with one attached hydrogen (secondary N) is 1. The Morgan fingerprint density at radius 1 is 1.70 bits per heavy atom. The number of Topliss-reactive ketones (excluding diaryl/α,β-unsaturated/α-hetero) is 1. The lowest BCUT2D eigenvalue weighted by Gasteiger charge is -2.21. The molecule has 0 amide bonds. The first-order valence-corrected chi connectivity index (χ1v) is 3.27. The number of morpholine rings is 1. The number of hydrogen-bond acceptors (Lipinski definition) is 3. The molecule has 1 saturated heterocycles. The zero-order valence-electron chi connectivity index (χ0n) is 5.63. The molecule has 0 aromatic heterocycles. The third-order valence-electron chi connectivity index (χ3n) is 1.43. The number of rotatable bonds is 2. The number of ether oxygens (including phenoxy) is 1. The molecule has 1 radical (unpaired) electrons. The molecule has 1 heterocycles. The largest absolute Gasteiger partial charge is 0.368 e. The van der Waals surface area contributed by atoms with Gasteiger partial charge in [0.2, 0.25) is 0 Å². The van der Waals surface area contributed by atoms with Crippen LogP contribution >= 0.6 is 0 Å². The van der Waals surface area contributed by atoms with Gasteiger partial charge in [-0.15, -0.1) is 0 Å². The van der Waals surface area contributed by atoms with Crippen molar-refractivity contribution in [2.45, 2.75) is 6.10 Å².